The molecule has 0 radical (unpaired) electrons. The second-order valence-corrected chi connectivity index (χ2v) is 10.5. The Morgan fingerprint density at radius 2 is 1.94 bits per heavy atom. The lowest BCUT2D eigenvalue weighted by atomic mass is 9.56. The minimum atomic E-state index is -4.58. The summed E-state index contributed by atoms with van der Waals surface area (Å²) < 4.78 is 43.0. The molecule has 2 aliphatic rings. The van der Waals surface area contributed by atoms with Gasteiger partial charge in [0.15, 0.2) is 5.60 Å². The van der Waals surface area contributed by atoms with Crippen LogP contribution in [0.3, 0.4) is 0 Å². The van der Waals surface area contributed by atoms with Crippen molar-refractivity contribution >= 4 is 22.7 Å². The van der Waals surface area contributed by atoms with Gasteiger partial charge in [-0.25, -0.2) is 4.68 Å². The monoisotopic (exact) mass is 474 g/mol. The third-order valence-electron chi connectivity index (χ3n) is 8.15. The second-order valence-electron chi connectivity index (χ2n) is 9.65. The Labute approximate surface area is 196 Å². The van der Waals surface area contributed by atoms with Crippen LogP contribution >= 0.6 is 11.8 Å². The zero-order valence-corrected chi connectivity index (χ0v) is 19.8. The van der Waals surface area contributed by atoms with Crippen LogP contribution < -0.4 is 0 Å². The van der Waals surface area contributed by atoms with E-state index in [9.17, 15) is 18.3 Å². The Kier molecular flexibility index (Phi) is 5.56. The van der Waals surface area contributed by atoms with E-state index in [1.807, 2.05) is 17.1 Å². The number of aromatic nitrogens is 2. The van der Waals surface area contributed by atoms with Gasteiger partial charge in [-0.1, -0.05) is 6.92 Å². The van der Waals surface area contributed by atoms with Gasteiger partial charge in [0.2, 0.25) is 0 Å². The minimum absolute atomic E-state index is 0.185. The lowest BCUT2D eigenvalue weighted by molar-refractivity contribution is -0.279. The topological polar surface area (TPSA) is 38.1 Å². The van der Waals surface area contributed by atoms with Crippen molar-refractivity contribution in [3.8, 4) is 5.69 Å². The molecular weight excluding hydrogens is 445 g/mol. The average Bonchev–Trinajstić information content (AvgIpc) is 3.14. The van der Waals surface area contributed by atoms with Crippen molar-refractivity contribution in [2.24, 2.45) is 5.92 Å². The number of hydrogen-bond donors (Lipinski definition) is 1. The number of nitrogens with zero attached hydrogens (tertiary/aromatic N) is 2. The molecule has 7 heteroatoms. The third kappa shape index (κ3) is 3.59. The summed E-state index contributed by atoms with van der Waals surface area (Å²) in [5, 5.41) is 16.1. The van der Waals surface area contributed by atoms with Gasteiger partial charge in [0.05, 0.1) is 17.4 Å². The van der Waals surface area contributed by atoms with E-state index in [1.54, 1.807) is 11.8 Å². The van der Waals surface area contributed by atoms with Gasteiger partial charge >= 0.3 is 6.18 Å². The van der Waals surface area contributed by atoms with Crippen LogP contribution in [-0.2, 0) is 11.8 Å². The predicted molar refractivity (Wildman–Crippen MR) is 126 cm³/mol. The molecule has 0 spiro atoms. The maximum absolute atomic E-state index is 13.7. The molecule has 33 heavy (non-hydrogen) atoms. The van der Waals surface area contributed by atoms with Crippen LogP contribution in [-0.4, -0.2) is 32.9 Å². The Hall–Kier alpha value is -1.99. The first kappa shape index (κ1) is 22.8. The predicted octanol–water partition coefficient (Wildman–Crippen LogP) is 6.83. The van der Waals surface area contributed by atoms with E-state index in [-0.39, 0.29) is 24.2 Å². The van der Waals surface area contributed by atoms with Gasteiger partial charge in [-0.05, 0) is 110 Å². The quantitative estimate of drug-likeness (QED) is 0.423. The molecule has 1 heterocycles. The first-order chi connectivity index (χ1) is 15.7. The summed E-state index contributed by atoms with van der Waals surface area (Å²) >= 11 is 1.70. The van der Waals surface area contributed by atoms with Crippen LogP contribution in [0, 0.1) is 5.92 Å². The van der Waals surface area contributed by atoms with E-state index in [1.165, 1.54) is 16.0 Å². The maximum atomic E-state index is 13.7. The molecule has 5 rings (SSSR count). The molecule has 1 N–H and O–H groups in total. The Morgan fingerprint density at radius 1 is 1.18 bits per heavy atom. The molecule has 3 atom stereocenters. The van der Waals surface area contributed by atoms with Crippen molar-refractivity contribution in [3.05, 3.63) is 53.7 Å². The summed E-state index contributed by atoms with van der Waals surface area (Å²) in [6, 6.07) is 12.7. The smallest absolute Gasteiger partial charge is 0.380 e. The van der Waals surface area contributed by atoms with E-state index in [0.717, 1.165) is 35.9 Å². The van der Waals surface area contributed by atoms with Crippen LogP contribution in [0.1, 0.15) is 56.6 Å². The normalized spacial score (nSPS) is 27.8. The van der Waals surface area contributed by atoms with E-state index >= 15 is 0 Å². The Morgan fingerprint density at radius 3 is 2.61 bits per heavy atom. The lowest BCUT2D eigenvalue weighted by Gasteiger charge is -2.50. The van der Waals surface area contributed by atoms with Gasteiger partial charge in [-0.15, -0.1) is 11.8 Å². The van der Waals surface area contributed by atoms with E-state index < -0.39 is 11.8 Å². The highest BCUT2D eigenvalue weighted by atomic mass is 32.2. The first-order valence-electron chi connectivity index (χ1n) is 11.7. The Bertz CT molecular complexity index is 1170. The molecule has 176 valence electrons. The molecule has 1 aromatic heterocycles. The van der Waals surface area contributed by atoms with Gasteiger partial charge in [-0.3, -0.25) is 0 Å². The number of alkyl halides is 3. The number of fused-ring (bicyclic) bond motifs is 4. The third-order valence-corrected chi connectivity index (χ3v) is 8.90. The molecule has 0 unspecified atom stereocenters. The molecule has 1 saturated carbocycles. The zero-order chi connectivity index (χ0) is 23.4. The molecule has 0 aliphatic heterocycles. The van der Waals surface area contributed by atoms with Crippen molar-refractivity contribution in [1.29, 1.82) is 0 Å². The summed E-state index contributed by atoms with van der Waals surface area (Å²) in [7, 11) is 0. The van der Waals surface area contributed by atoms with Gasteiger partial charge < -0.3 is 5.11 Å². The molecule has 2 aromatic carbocycles. The molecule has 2 aliphatic carbocycles. The summed E-state index contributed by atoms with van der Waals surface area (Å²) in [6.45, 7) is 2.08. The highest BCUT2D eigenvalue weighted by molar-refractivity contribution is 7.98. The number of thioether (sulfide) groups is 1. The van der Waals surface area contributed by atoms with Crippen LogP contribution in [0.5, 0.6) is 0 Å². The summed E-state index contributed by atoms with van der Waals surface area (Å²) in [5.41, 5.74) is 1.50. The summed E-state index contributed by atoms with van der Waals surface area (Å²) in [5.74, 6) is -0.185. The minimum Gasteiger partial charge on any atom is -0.380 e. The summed E-state index contributed by atoms with van der Waals surface area (Å²) in [4.78, 5) is 1.19. The van der Waals surface area contributed by atoms with Crippen LogP contribution in [0.2, 0.25) is 0 Å². The second kappa shape index (κ2) is 8.05. The van der Waals surface area contributed by atoms with Crippen LogP contribution in [0.15, 0.2) is 47.5 Å². The number of aryl methyl sites for hydroxylation is 1. The van der Waals surface area contributed by atoms with Crippen molar-refractivity contribution in [2.45, 2.75) is 74.0 Å². The number of rotatable bonds is 3. The maximum Gasteiger partial charge on any atom is 0.417 e. The van der Waals surface area contributed by atoms with Crippen molar-refractivity contribution < 1.29 is 18.3 Å². The molecule has 1 fully saturated rings. The average molecular weight is 475 g/mol. The standard InChI is InChI=1S/C26H29F3N2OS/c1-3-24-11-12-25(32,26(27,28)29)15-19(24)6-4-5-17-14-23-18(13-22(17)24)16-30-31(23)20-7-9-21(33-2)10-8-20/h7-10,13-14,16,19,32H,3-6,11-12,15H2,1-2H3/t19-,24-,25-/m1/s1. The van der Waals surface area contributed by atoms with Gasteiger partial charge in [0.1, 0.15) is 0 Å². The van der Waals surface area contributed by atoms with Gasteiger partial charge in [0.25, 0.3) is 0 Å². The fourth-order valence-electron chi connectivity index (χ4n) is 6.24. The number of benzene rings is 2. The van der Waals surface area contributed by atoms with E-state index in [2.05, 4.69) is 48.4 Å². The highest BCUT2D eigenvalue weighted by Crippen LogP contribution is 2.57. The van der Waals surface area contributed by atoms with E-state index in [0.29, 0.717) is 12.8 Å². The fraction of sp³-hybridized carbons (Fsp3) is 0.500. The fourth-order valence-corrected chi connectivity index (χ4v) is 6.65. The molecule has 0 saturated heterocycles. The van der Waals surface area contributed by atoms with E-state index in [4.69, 9.17) is 0 Å². The van der Waals surface area contributed by atoms with Crippen LogP contribution in [0.4, 0.5) is 13.2 Å². The van der Waals surface area contributed by atoms with Crippen molar-refractivity contribution in [3.63, 3.8) is 0 Å². The molecule has 0 amide bonds. The summed E-state index contributed by atoms with van der Waals surface area (Å²) in [6.07, 6.45) is 2.38. The molecule has 3 nitrogen and oxygen atoms in total. The molecule has 3 aromatic rings. The van der Waals surface area contributed by atoms with Crippen LogP contribution in [0.25, 0.3) is 16.6 Å². The van der Waals surface area contributed by atoms with Crippen molar-refractivity contribution in [2.75, 3.05) is 6.26 Å². The SMILES string of the molecule is CC[C@@]12CC[C@](O)(C(F)(F)F)C[C@H]1CCCc1cc3c(cnn3-c3ccc(SC)cc3)cc12. The number of halogens is 3. The molecule has 0 bridgehead atoms. The number of aliphatic hydroxyl groups is 1. The largest absolute Gasteiger partial charge is 0.417 e. The van der Waals surface area contributed by atoms with Crippen molar-refractivity contribution in [1.82, 2.24) is 9.78 Å². The lowest BCUT2D eigenvalue weighted by Crippen LogP contribution is -2.54. The first-order valence-corrected chi connectivity index (χ1v) is 12.9. The Balaban J connectivity index is 1.59. The number of hydrogen-bond acceptors (Lipinski definition) is 3. The van der Waals surface area contributed by atoms with Gasteiger partial charge in [-0.2, -0.15) is 18.3 Å². The molecular formula is C26H29F3N2OS. The zero-order valence-electron chi connectivity index (χ0n) is 19.0. The highest BCUT2D eigenvalue weighted by Gasteiger charge is 2.60. The van der Waals surface area contributed by atoms with Gasteiger partial charge in [0, 0.05) is 10.3 Å².